The second kappa shape index (κ2) is 9.10. The Kier molecular flexibility index (Phi) is 5.20. The van der Waals surface area contributed by atoms with Crippen LogP contribution in [0.2, 0.25) is 0 Å². The average molecular weight is 537 g/mol. The van der Waals surface area contributed by atoms with Crippen molar-refractivity contribution in [2.24, 2.45) is 5.92 Å². The summed E-state index contributed by atoms with van der Waals surface area (Å²) in [4.78, 5) is 0. The third-order valence-electron chi connectivity index (χ3n) is 8.68. The quantitative estimate of drug-likeness (QED) is 0.226. The van der Waals surface area contributed by atoms with E-state index in [0.29, 0.717) is 0 Å². The van der Waals surface area contributed by atoms with E-state index in [1.54, 1.807) is 0 Å². The molecule has 2 unspecified atom stereocenters. The number of benzene rings is 5. The molecule has 1 aliphatic rings. The number of para-hydroxylation sites is 5. The van der Waals surface area contributed by atoms with Gasteiger partial charge in [-0.25, -0.2) is 0 Å². The van der Waals surface area contributed by atoms with Gasteiger partial charge in [0.2, 0.25) is 0 Å². The first kappa shape index (κ1) is 24.0. The molecule has 2 heterocycles. The molecular weight excluding hydrogens is 512 g/mol. The molecule has 0 fully saturated rings. The lowest BCUT2D eigenvalue weighted by atomic mass is 9.72. The molecule has 7 aromatic rings. The second-order valence-electron chi connectivity index (χ2n) is 10.7. The van der Waals surface area contributed by atoms with Gasteiger partial charge in [0.25, 0.3) is 0 Å². The Labute approximate surface area is 242 Å². The number of rotatable bonds is 3. The van der Waals surface area contributed by atoms with Crippen LogP contribution in [0.4, 0.5) is 0 Å². The van der Waals surface area contributed by atoms with Gasteiger partial charge in [0, 0.05) is 32.7 Å². The molecule has 4 heteroatoms. The van der Waals surface area contributed by atoms with Crippen molar-refractivity contribution >= 4 is 49.2 Å². The van der Waals surface area contributed by atoms with Gasteiger partial charge in [0.15, 0.2) is 5.54 Å². The maximum absolute atomic E-state index is 11.3. The van der Waals surface area contributed by atoms with E-state index in [-0.39, 0.29) is 0 Å². The van der Waals surface area contributed by atoms with E-state index >= 15 is 0 Å². The molecule has 2 aromatic heterocycles. The zero-order chi connectivity index (χ0) is 28.3. The van der Waals surface area contributed by atoms with Crippen LogP contribution in [0.5, 0.6) is 0 Å². The van der Waals surface area contributed by atoms with E-state index in [0.717, 1.165) is 49.7 Å². The molecule has 0 saturated heterocycles. The molecule has 196 valence electrons. The largest absolute Gasteiger partial charge is 0.316 e. The molecule has 0 amide bonds. The van der Waals surface area contributed by atoms with E-state index in [4.69, 9.17) is 0 Å². The Hall–Kier alpha value is -5.84. The van der Waals surface area contributed by atoms with Gasteiger partial charge in [-0.15, -0.1) is 0 Å². The topological polar surface area (TPSA) is 57.4 Å². The zero-order valence-electron chi connectivity index (χ0n) is 22.6. The summed E-state index contributed by atoms with van der Waals surface area (Å²) >= 11 is 0. The minimum Gasteiger partial charge on any atom is -0.316 e. The van der Waals surface area contributed by atoms with Crippen molar-refractivity contribution in [1.29, 1.82) is 10.5 Å². The molecule has 0 radical (unpaired) electrons. The number of allylic oxidation sites excluding steroid dienone is 4. The van der Waals surface area contributed by atoms with Crippen LogP contribution in [-0.2, 0) is 5.54 Å². The lowest BCUT2D eigenvalue weighted by Gasteiger charge is -2.38. The van der Waals surface area contributed by atoms with Gasteiger partial charge in [0.05, 0.1) is 39.9 Å². The predicted octanol–water partition coefficient (Wildman–Crippen LogP) is 8.90. The summed E-state index contributed by atoms with van der Waals surface area (Å²) in [7, 11) is 0. The van der Waals surface area contributed by atoms with Crippen molar-refractivity contribution in [2.75, 3.05) is 0 Å². The van der Waals surface area contributed by atoms with Crippen molar-refractivity contribution in [1.82, 2.24) is 9.13 Å². The molecule has 0 aliphatic heterocycles. The fourth-order valence-electron chi connectivity index (χ4n) is 6.95. The fraction of sp³-hybridized carbons (Fsp3) is 0.0526. The monoisotopic (exact) mass is 536 g/mol. The standard InChI is InChI=1S/C38H24N4/c39-24-26-12-11-18-32(38(26,25-40)42-36-22-9-3-15-29(36)30-16-4-10-23-37(30)42)31-17-5-8-21-35(31)41-33-19-6-1-13-27(33)28-14-2-7-20-34(28)41/h1-23,26H. The van der Waals surface area contributed by atoms with E-state index in [1.165, 1.54) is 10.8 Å². The zero-order valence-corrected chi connectivity index (χ0v) is 22.6. The summed E-state index contributed by atoms with van der Waals surface area (Å²) < 4.78 is 4.39. The summed E-state index contributed by atoms with van der Waals surface area (Å²) in [5.41, 5.74) is 5.39. The van der Waals surface area contributed by atoms with Crippen molar-refractivity contribution in [3.8, 4) is 17.8 Å². The number of hydrogen-bond acceptors (Lipinski definition) is 2. The molecule has 2 atom stereocenters. The molecule has 0 bridgehead atoms. The van der Waals surface area contributed by atoms with Crippen LogP contribution in [0.15, 0.2) is 140 Å². The number of hydrogen-bond donors (Lipinski definition) is 0. The summed E-state index contributed by atoms with van der Waals surface area (Å²) in [6.45, 7) is 0. The van der Waals surface area contributed by atoms with Gasteiger partial charge in [-0.2, -0.15) is 10.5 Å². The first-order valence-electron chi connectivity index (χ1n) is 14.0. The van der Waals surface area contributed by atoms with E-state index in [1.807, 2.05) is 54.6 Å². The van der Waals surface area contributed by atoms with Crippen molar-refractivity contribution in [2.45, 2.75) is 5.54 Å². The first-order chi connectivity index (χ1) is 20.8. The molecule has 0 N–H and O–H groups in total. The predicted molar refractivity (Wildman–Crippen MR) is 170 cm³/mol. The van der Waals surface area contributed by atoms with Crippen LogP contribution in [0, 0.1) is 28.6 Å². The Morgan fingerprint density at radius 1 is 0.571 bits per heavy atom. The van der Waals surface area contributed by atoms with Gasteiger partial charge >= 0.3 is 0 Å². The van der Waals surface area contributed by atoms with Crippen molar-refractivity contribution in [3.63, 3.8) is 0 Å². The highest BCUT2D eigenvalue weighted by Crippen LogP contribution is 2.49. The van der Waals surface area contributed by atoms with Gasteiger partial charge in [-0.1, -0.05) is 109 Å². The Morgan fingerprint density at radius 3 is 1.60 bits per heavy atom. The Bertz CT molecular complexity index is 2240. The van der Waals surface area contributed by atoms with Gasteiger partial charge < -0.3 is 9.13 Å². The minimum atomic E-state index is -1.32. The van der Waals surface area contributed by atoms with Crippen LogP contribution in [-0.4, -0.2) is 9.13 Å². The Morgan fingerprint density at radius 2 is 1.05 bits per heavy atom. The normalized spacial score (nSPS) is 18.3. The fourth-order valence-corrected chi connectivity index (χ4v) is 6.95. The Balaban J connectivity index is 1.49. The van der Waals surface area contributed by atoms with Crippen LogP contribution in [0.1, 0.15) is 5.56 Å². The molecule has 5 aromatic carbocycles. The van der Waals surface area contributed by atoms with Gasteiger partial charge in [-0.3, -0.25) is 0 Å². The minimum absolute atomic E-state index is 0.715. The van der Waals surface area contributed by atoms with Crippen LogP contribution in [0.25, 0.3) is 54.9 Å². The highest BCUT2D eigenvalue weighted by atomic mass is 15.1. The summed E-state index contributed by atoms with van der Waals surface area (Å²) in [5.74, 6) is -0.715. The second-order valence-corrected chi connectivity index (χ2v) is 10.7. The summed E-state index contributed by atoms with van der Waals surface area (Å²) in [5, 5.41) is 26.4. The maximum atomic E-state index is 11.3. The molecule has 42 heavy (non-hydrogen) atoms. The number of nitriles is 2. The molecule has 4 nitrogen and oxygen atoms in total. The molecule has 1 aliphatic carbocycles. The molecule has 0 spiro atoms. The highest BCUT2D eigenvalue weighted by Gasteiger charge is 2.48. The maximum Gasteiger partial charge on any atom is 0.177 e. The van der Waals surface area contributed by atoms with Gasteiger partial charge in [0.1, 0.15) is 5.92 Å². The molecule has 8 rings (SSSR count). The van der Waals surface area contributed by atoms with E-state index in [9.17, 15) is 10.5 Å². The molecule has 0 saturated carbocycles. The number of fused-ring (bicyclic) bond motifs is 6. The SMILES string of the molecule is N#CC1C=CC=C(c2ccccc2-n2c3ccccc3c3ccccc32)C1(C#N)n1c2ccccc2c2ccccc21. The van der Waals surface area contributed by atoms with Crippen LogP contribution < -0.4 is 0 Å². The lowest BCUT2D eigenvalue weighted by molar-refractivity contribution is 0.455. The lowest BCUT2D eigenvalue weighted by Crippen LogP contribution is -2.41. The van der Waals surface area contributed by atoms with Crippen molar-refractivity contribution < 1.29 is 0 Å². The number of aromatic nitrogens is 2. The van der Waals surface area contributed by atoms with Crippen LogP contribution in [0.3, 0.4) is 0 Å². The summed E-state index contributed by atoms with van der Waals surface area (Å²) in [6, 6.07) is 46.7. The van der Waals surface area contributed by atoms with Crippen molar-refractivity contribution in [3.05, 3.63) is 145 Å². The highest BCUT2D eigenvalue weighted by molar-refractivity contribution is 6.11. The molecular formula is C38H24N4. The third kappa shape index (κ3) is 3.10. The third-order valence-corrected chi connectivity index (χ3v) is 8.68. The van der Waals surface area contributed by atoms with E-state index < -0.39 is 11.5 Å². The average Bonchev–Trinajstić information content (AvgIpc) is 3.58. The smallest absolute Gasteiger partial charge is 0.177 e. The van der Waals surface area contributed by atoms with Gasteiger partial charge in [-0.05, 0) is 30.3 Å². The number of nitrogens with zero attached hydrogens (tertiary/aromatic N) is 4. The van der Waals surface area contributed by atoms with Crippen LogP contribution >= 0.6 is 0 Å². The summed E-state index contributed by atoms with van der Waals surface area (Å²) in [6.07, 6.45) is 5.81. The first-order valence-corrected chi connectivity index (χ1v) is 14.0. The van der Waals surface area contributed by atoms with E-state index in [2.05, 4.69) is 106 Å².